The van der Waals surface area contributed by atoms with E-state index < -0.39 is 10.0 Å². The van der Waals surface area contributed by atoms with E-state index in [0.29, 0.717) is 26.1 Å². The number of benzene rings is 2. The molecule has 8 heteroatoms. The maximum Gasteiger partial charge on any atom is 0.315 e. The van der Waals surface area contributed by atoms with Crippen molar-refractivity contribution in [2.75, 3.05) is 19.6 Å². The summed E-state index contributed by atoms with van der Waals surface area (Å²) in [5.41, 5.74) is 1.74. The van der Waals surface area contributed by atoms with E-state index in [1.807, 2.05) is 6.92 Å². The van der Waals surface area contributed by atoms with Gasteiger partial charge in [-0.2, -0.15) is 4.31 Å². The fraction of sp³-hybridized carbons (Fsp3) is 0.381. The molecule has 0 aliphatic rings. The van der Waals surface area contributed by atoms with Crippen molar-refractivity contribution in [1.29, 1.82) is 0 Å². The molecule has 1 atom stereocenters. The van der Waals surface area contributed by atoms with Crippen LogP contribution in [0.25, 0.3) is 0 Å². The zero-order valence-corrected chi connectivity index (χ0v) is 17.8. The van der Waals surface area contributed by atoms with Crippen molar-refractivity contribution >= 4 is 16.1 Å². The lowest BCUT2D eigenvalue weighted by atomic mass is 10.1. The van der Waals surface area contributed by atoms with Crippen molar-refractivity contribution in [2.24, 2.45) is 0 Å². The highest BCUT2D eigenvalue weighted by Crippen LogP contribution is 2.19. The normalized spacial score (nSPS) is 12.6. The largest absolute Gasteiger partial charge is 0.338 e. The molecule has 0 spiro atoms. The lowest BCUT2D eigenvalue weighted by molar-refractivity contribution is 0.238. The zero-order chi connectivity index (χ0) is 21.4. The minimum atomic E-state index is -3.50. The number of rotatable bonds is 9. The van der Waals surface area contributed by atoms with Gasteiger partial charge in [0.05, 0.1) is 10.9 Å². The van der Waals surface area contributed by atoms with Gasteiger partial charge in [0.2, 0.25) is 10.0 Å². The Morgan fingerprint density at radius 2 is 1.62 bits per heavy atom. The standard InChI is InChI=1S/C21H28FN3O3S/c1-4-25(5-2)29(27,28)20-12-8-18(9-13-20)16(3)24-21(26)23-15-14-17-6-10-19(22)11-7-17/h6-13,16H,4-5,14-15H2,1-3H3,(H2,23,24,26)/t16-/m0/s1. The Morgan fingerprint density at radius 1 is 1.03 bits per heavy atom. The smallest absolute Gasteiger partial charge is 0.315 e. The molecule has 0 bridgehead atoms. The van der Waals surface area contributed by atoms with Gasteiger partial charge in [0.25, 0.3) is 0 Å². The maximum absolute atomic E-state index is 12.9. The van der Waals surface area contributed by atoms with Crippen molar-refractivity contribution in [3.63, 3.8) is 0 Å². The quantitative estimate of drug-likeness (QED) is 0.651. The number of carbonyl (C=O) groups is 1. The molecule has 0 aliphatic carbocycles. The highest BCUT2D eigenvalue weighted by Gasteiger charge is 2.21. The fourth-order valence-corrected chi connectivity index (χ4v) is 4.40. The minimum absolute atomic E-state index is 0.237. The average molecular weight is 422 g/mol. The van der Waals surface area contributed by atoms with E-state index in [1.165, 1.54) is 16.4 Å². The topological polar surface area (TPSA) is 78.5 Å². The Kier molecular flexibility index (Phi) is 8.16. The summed E-state index contributed by atoms with van der Waals surface area (Å²) in [6.45, 7) is 6.68. The molecule has 2 rings (SSSR count). The second-order valence-corrected chi connectivity index (χ2v) is 8.59. The summed E-state index contributed by atoms with van der Waals surface area (Å²) in [6.07, 6.45) is 0.597. The summed E-state index contributed by atoms with van der Waals surface area (Å²) >= 11 is 0. The van der Waals surface area contributed by atoms with Crippen LogP contribution in [0, 0.1) is 5.82 Å². The number of hydrogen-bond acceptors (Lipinski definition) is 3. The Hall–Kier alpha value is -2.45. The number of hydrogen-bond donors (Lipinski definition) is 2. The fourth-order valence-electron chi connectivity index (χ4n) is 2.94. The molecule has 6 nitrogen and oxygen atoms in total. The van der Waals surface area contributed by atoms with Crippen LogP contribution < -0.4 is 10.6 Å². The molecule has 0 saturated carbocycles. The monoisotopic (exact) mass is 421 g/mol. The molecule has 29 heavy (non-hydrogen) atoms. The summed E-state index contributed by atoms with van der Waals surface area (Å²) in [7, 11) is -3.50. The highest BCUT2D eigenvalue weighted by atomic mass is 32.2. The minimum Gasteiger partial charge on any atom is -0.338 e. The lowest BCUT2D eigenvalue weighted by Gasteiger charge is -2.19. The van der Waals surface area contributed by atoms with Crippen LogP contribution in [0.2, 0.25) is 0 Å². The van der Waals surface area contributed by atoms with Gasteiger partial charge in [0.1, 0.15) is 5.82 Å². The number of amides is 2. The molecule has 158 valence electrons. The van der Waals surface area contributed by atoms with Gasteiger partial charge in [-0.25, -0.2) is 17.6 Å². The number of urea groups is 1. The molecule has 2 N–H and O–H groups in total. The maximum atomic E-state index is 12.9. The van der Waals surface area contributed by atoms with Gasteiger partial charge in [0, 0.05) is 19.6 Å². The summed E-state index contributed by atoms with van der Waals surface area (Å²) < 4.78 is 39.4. The third-order valence-corrected chi connectivity index (χ3v) is 6.75. The molecule has 0 fully saturated rings. The third-order valence-electron chi connectivity index (χ3n) is 4.68. The first-order chi connectivity index (χ1) is 13.8. The molecular formula is C21H28FN3O3S. The summed E-state index contributed by atoms with van der Waals surface area (Å²) in [4.78, 5) is 12.3. The molecule has 2 amide bonds. The van der Waals surface area contributed by atoms with Gasteiger partial charge in [-0.15, -0.1) is 0 Å². The molecule has 0 heterocycles. The van der Waals surface area contributed by atoms with Crippen molar-refractivity contribution in [3.05, 3.63) is 65.5 Å². The van der Waals surface area contributed by atoms with Crippen LogP contribution in [-0.2, 0) is 16.4 Å². The van der Waals surface area contributed by atoms with E-state index in [2.05, 4.69) is 10.6 Å². The first kappa shape index (κ1) is 22.8. The van der Waals surface area contributed by atoms with Gasteiger partial charge >= 0.3 is 6.03 Å². The second kappa shape index (κ2) is 10.4. The first-order valence-corrected chi connectivity index (χ1v) is 11.1. The van der Waals surface area contributed by atoms with Crippen LogP contribution in [0.3, 0.4) is 0 Å². The molecule has 0 radical (unpaired) electrons. The van der Waals surface area contributed by atoms with E-state index in [9.17, 15) is 17.6 Å². The van der Waals surface area contributed by atoms with E-state index in [1.54, 1.807) is 50.2 Å². The van der Waals surface area contributed by atoms with Crippen LogP contribution in [0.1, 0.15) is 37.9 Å². The van der Waals surface area contributed by atoms with Crippen LogP contribution in [0.4, 0.5) is 9.18 Å². The molecule has 0 saturated heterocycles. The van der Waals surface area contributed by atoms with Gasteiger partial charge < -0.3 is 10.6 Å². The van der Waals surface area contributed by atoms with E-state index in [0.717, 1.165) is 11.1 Å². The molecule has 0 aliphatic heterocycles. The third kappa shape index (κ3) is 6.27. The van der Waals surface area contributed by atoms with Gasteiger partial charge in [-0.3, -0.25) is 0 Å². The zero-order valence-electron chi connectivity index (χ0n) is 17.0. The predicted molar refractivity (Wildman–Crippen MR) is 112 cm³/mol. The van der Waals surface area contributed by atoms with Gasteiger partial charge in [0.15, 0.2) is 0 Å². The summed E-state index contributed by atoms with van der Waals surface area (Å²) in [5, 5.41) is 5.59. The summed E-state index contributed by atoms with van der Waals surface area (Å²) in [5.74, 6) is -0.288. The Bertz CT molecular complexity index is 896. The number of halogens is 1. The van der Waals surface area contributed by atoms with Crippen LogP contribution in [-0.4, -0.2) is 38.4 Å². The number of nitrogens with one attached hydrogen (secondary N) is 2. The van der Waals surface area contributed by atoms with Crippen molar-refractivity contribution < 1.29 is 17.6 Å². The number of carbonyl (C=O) groups excluding carboxylic acids is 1. The Morgan fingerprint density at radius 3 is 2.17 bits per heavy atom. The van der Waals surface area contributed by atoms with Crippen LogP contribution in [0.15, 0.2) is 53.4 Å². The molecule has 0 aromatic heterocycles. The SMILES string of the molecule is CCN(CC)S(=O)(=O)c1ccc([C@H](C)NC(=O)NCCc2ccc(F)cc2)cc1. The lowest BCUT2D eigenvalue weighted by Crippen LogP contribution is -2.38. The Labute approximate surface area is 172 Å². The molecule has 2 aromatic rings. The average Bonchev–Trinajstić information content (AvgIpc) is 2.70. The van der Waals surface area contributed by atoms with Crippen LogP contribution in [0.5, 0.6) is 0 Å². The highest BCUT2D eigenvalue weighted by molar-refractivity contribution is 7.89. The molecule has 2 aromatic carbocycles. The van der Waals surface area contributed by atoms with Crippen molar-refractivity contribution in [2.45, 2.75) is 38.1 Å². The number of sulfonamides is 1. The second-order valence-electron chi connectivity index (χ2n) is 6.66. The predicted octanol–water partition coefficient (Wildman–Crippen LogP) is 3.46. The molecular weight excluding hydrogens is 393 g/mol. The van der Waals surface area contributed by atoms with Crippen LogP contribution >= 0.6 is 0 Å². The van der Waals surface area contributed by atoms with E-state index in [-0.39, 0.29) is 22.8 Å². The summed E-state index contributed by atoms with van der Waals surface area (Å²) in [6, 6.07) is 12.1. The van der Waals surface area contributed by atoms with Crippen molar-refractivity contribution in [3.8, 4) is 0 Å². The Balaban J connectivity index is 1.89. The first-order valence-electron chi connectivity index (χ1n) is 9.66. The molecule has 0 unspecified atom stereocenters. The van der Waals surface area contributed by atoms with E-state index in [4.69, 9.17) is 0 Å². The van der Waals surface area contributed by atoms with Gasteiger partial charge in [-0.05, 0) is 48.7 Å². The van der Waals surface area contributed by atoms with Crippen molar-refractivity contribution in [1.82, 2.24) is 14.9 Å². The van der Waals surface area contributed by atoms with E-state index >= 15 is 0 Å². The van der Waals surface area contributed by atoms with Gasteiger partial charge in [-0.1, -0.05) is 38.1 Å². The number of nitrogens with zero attached hydrogens (tertiary/aromatic N) is 1.